The molecule has 198 valence electrons. The van der Waals surface area contributed by atoms with Gasteiger partial charge in [0, 0.05) is 22.2 Å². The highest BCUT2D eigenvalue weighted by atomic mass is 35.5. The van der Waals surface area contributed by atoms with Crippen molar-refractivity contribution in [3.63, 3.8) is 0 Å². The van der Waals surface area contributed by atoms with E-state index in [9.17, 15) is 24.6 Å². The largest absolute Gasteiger partial charge is 0.508 e. The number of amides is 1. The highest BCUT2D eigenvalue weighted by molar-refractivity contribution is 6.31. The number of aliphatic hydroxyl groups is 1. The maximum atomic E-state index is 13.9. The van der Waals surface area contributed by atoms with E-state index in [-0.39, 0.29) is 40.5 Å². The van der Waals surface area contributed by atoms with Gasteiger partial charge in [0.1, 0.15) is 5.75 Å². The zero-order chi connectivity index (χ0) is 27.8. The molecule has 2 heterocycles. The maximum absolute atomic E-state index is 13.9. The Morgan fingerprint density at radius 1 is 1.05 bits per heavy atom. The molecular formula is C29H22ClNO8. The first-order valence-corrected chi connectivity index (χ1v) is 12.3. The van der Waals surface area contributed by atoms with Gasteiger partial charge in [-0.25, -0.2) is 4.79 Å². The predicted octanol–water partition coefficient (Wildman–Crippen LogP) is 5.76. The molecule has 4 aromatic rings. The lowest BCUT2D eigenvalue weighted by atomic mass is 9.94. The summed E-state index contributed by atoms with van der Waals surface area (Å²) in [6.45, 7) is 1.83. The number of carbonyl (C=O) groups is 3. The number of hydrogen-bond donors (Lipinski definition) is 2. The number of rotatable bonds is 7. The topological polar surface area (TPSA) is 127 Å². The van der Waals surface area contributed by atoms with Crippen LogP contribution in [-0.2, 0) is 9.53 Å². The van der Waals surface area contributed by atoms with Crippen molar-refractivity contribution in [2.45, 2.75) is 13.0 Å². The molecule has 9 nitrogen and oxygen atoms in total. The van der Waals surface area contributed by atoms with E-state index in [1.807, 2.05) is 0 Å². The van der Waals surface area contributed by atoms with Crippen LogP contribution in [0.4, 0.5) is 5.69 Å². The first-order chi connectivity index (χ1) is 18.7. The van der Waals surface area contributed by atoms with Crippen LogP contribution in [0.1, 0.15) is 39.4 Å². The van der Waals surface area contributed by atoms with Gasteiger partial charge in [0.2, 0.25) is 5.78 Å². The van der Waals surface area contributed by atoms with E-state index >= 15 is 0 Å². The van der Waals surface area contributed by atoms with Crippen LogP contribution < -0.4 is 9.64 Å². The number of nitrogens with zero attached hydrogens (tertiary/aromatic N) is 1. The summed E-state index contributed by atoms with van der Waals surface area (Å²) in [5, 5.41) is 22.1. The molecule has 1 aliphatic heterocycles. The monoisotopic (exact) mass is 547 g/mol. The highest BCUT2D eigenvalue weighted by Gasteiger charge is 2.45. The zero-order valence-electron chi connectivity index (χ0n) is 20.8. The van der Waals surface area contributed by atoms with Gasteiger partial charge >= 0.3 is 5.97 Å². The number of furan rings is 1. The summed E-state index contributed by atoms with van der Waals surface area (Å²) in [6.07, 6.45) is 0. The second-order valence-corrected chi connectivity index (χ2v) is 9.11. The van der Waals surface area contributed by atoms with Gasteiger partial charge in [-0.1, -0.05) is 29.8 Å². The highest BCUT2D eigenvalue weighted by Crippen LogP contribution is 2.43. The second kappa shape index (κ2) is 10.2. The van der Waals surface area contributed by atoms with Crippen LogP contribution in [0.5, 0.6) is 11.5 Å². The van der Waals surface area contributed by atoms with Gasteiger partial charge in [-0.05, 0) is 55.0 Å². The number of methoxy groups -OCH3 is 1. The number of hydrogen-bond acceptors (Lipinski definition) is 8. The number of phenols is 1. The number of halogens is 1. The summed E-state index contributed by atoms with van der Waals surface area (Å²) in [4.78, 5) is 40.9. The van der Waals surface area contributed by atoms with Gasteiger partial charge in [0.15, 0.2) is 22.9 Å². The molecule has 2 N–H and O–H groups in total. The van der Waals surface area contributed by atoms with E-state index in [0.717, 1.165) is 0 Å². The quantitative estimate of drug-likeness (QED) is 0.221. The Hall–Kier alpha value is -4.76. The van der Waals surface area contributed by atoms with Crippen molar-refractivity contribution < 1.29 is 38.5 Å². The standard InChI is InChI=1S/C29H22ClNO8/c1-3-38-29(36)16-7-4-8-19(11-16)31-24(15-6-5-9-20(32)12-15)23(26(34)28(31)35)25(33)21-13-17-10-18(30)14-22(37-2)27(17)39-21/h4-14,24,32,34H,3H2,1-2H3. The zero-order valence-corrected chi connectivity index (χ0v) is 21.6. The Kier molecular flexibility index (Phi) is 6.76. The minimum atomic E-state index is -1.16. The molecule has 10 heteroatoms. The SMILES string of the molecule is CCOC(=O)c1cccc(N2C(=O)C(O)=C(C(=O)c3cc4cc(Cl)cc(OC)c4o3)C2c2cccc(O)c2)c1. The summed E-state index contributed by atoms with van der Waals surface area (Å²) in [7, 11) is 1.43. The van der Waals surface area contributed by atoms with Crippen LogP contribution in [0.25, 0.3) is 11.0 Å². The number of ketones is 1. The Bertz CT molecular complexity index is 1670. The number of Topliss-reactive ketones (excluding diaryl/α,β-unsaturated/α-hetero) is 1. The Balaban J connectivity index is 1.65. The minimum Gasteiger partial charge on any atom is -0.508 e. The smallest absolute Gasteiger partial charge is 0.338 e. The average molecular weight is 548 g/mol. The molecule has 1 aromatic heterocycles. The van der Waals surface area contributed by atoms with Crippen LogP contribution in [-0.4, -0.2) is 41.6 Å². The average Bonchev–Trinajstić information content (AvgIpc) is 3.46. The van der Waals surface area contributed by atoms with Gasteiger partial charge < -0.3 is 24.1 Å². The molecule has 3 aromatic carbocycles. The lowest BCUT2D eigenvalue weighted by Gasteiger charge is -2.27. The Labute approximate surface area is 227 Å². The van der Waals surface area contributed by atoms with E-state index < -0.39 is 29.5 Å². The molecule has 0 fully saturated rings. The first kappa shape index (κ1) is 25.9. The number of phenolic OH excluding ortho intramolecular Hbond substituents is 1. The number of aliphatic hydroxyl groups excluding tert-OH is 1. The van der Waals surface area contributed by atoms with Crippen LogP contribution >= 0.6 is 11.6 Å². The van der Waals surface area contributed by atoms with Crippen molar-refractivity contribution >= 4 is 45.9 Å². The molecule has 1 atom stereocenters. The third-order valence-electron chi connectivity index (χ3n) is 6.26. The van der Waals surface area contributed by atoms with E-state index in [0.29, 0.717) is 21.7 Å². The third kappa shape index (κ3) is 4.57. The number of ether oxygens (including phenoxy) is 2. The normalized spacial score (nSPS) is 15.2. The van der Waals surface area contributed by atoms with Gasteiger partial charge in [0.05, 0.1) is 30.9 Å². The molecule has 0 bridgehead atoms. The van der Waals surface area contributed by atoms with E-state index in [2.05, 4.69) is 0 Å². The number of benzene rings is 3. The Morgan fingerprint density at radius 3 is 2.54 bits per heavy atom. The molecule has 1 unspecified atom stereocenters. The minimum absolute atomic E-state index is 0.110. The third-order valence-corrected chi connectivity index (χ3v) is 6.48. The molecule has 5 rings (SSSR count). The van der Waals surface area contributed by atoms with Gasteiger partial charge in [-0.2, -0.15) is 0 Å². The fraction of sp³-hybridized carbons (Fsp3) is 0.138. The molecule has 0 spiro atoms. The van der Waals surface area contributed by atoms with Crippen molar-refractivity contribution in [1.29, 1.82) is 0 Å². The van der Waals surface area contributed by atoms with Crippen LogP contribution in [0, 0.1) is 0 Å². The summed E-state index contributed by atoms with van der Waals surface area (Å²) in [5.41, 5.74) is 0.747. The molecule has 0 radical (unpaired) electrons. The van der Waals surface area contributed by atoms with Crippen LogP contribution in [0.3, 0.4) is 0 Å². The fourth-order valence-corrected chi connectivity index (χ4v) is 4.81. The lowest BCUT2D eigenvalue weighted by molar-refractivity contribution is -0.117. The number of fused-ring (bicyclic) bond motifs is 1. The van der Waals surface area contributed by atoms with Crippen molar-refractivity contribution in [1.82, 2.24) is 0 Å². The number of esters is 1. The van der Waals surface area contributed by atoms with Crippen molar-refractivity contribution in [2.75, 3.05) is 18.6 Å². The molecule has 1 amide bonds. The molecule has 1 aliphatic rings. The van der Waals surface area contributed by atoms with Gasteiger partial charge in [0.25, 0.3) is 5.91 Å². The van der Waals surface area contributed by atoms with Crippen molar-refractivity contribution in [3.05, 3.63) is 100.0 Å². The number of anilines is 1. The molecular weight excluding hydrogens is 526 g/mol. The predicted molar refractivity (Wildman–Crippen MR) is 142 cm³/mol. The summed E-state index contributed by atoms with van der Waals surface area (Å²) in [5.74, 6) is -2.98. The van der Waals surface area contributed by atoms with Crippen molar-refractivity contribution in [2.24, 2.45) is 0 Å². The molecule has 0 aliphatic carbocycles. The fourth-order valence-electron chi connectivity index (χ4n) is 4.59. The first-order valence-electron chi connectivity index (χ1n) is 11.9. The van der Waals surface area contributed by atoms with Crippen molar-refractivity contribution in [3.8, 4) is 11.5 Å². The summed E-state index contributed by atoms with van der Waals surface area (Å²) >= 11 is 6.16. The molecule has 39 heavy (non-hydrogen) atoms. The Morgan fingerprint density at radius 2 is 1.82 bits per heavy atom. The second-order valence-electron chi connectivity index (χ2n) is 8.67. The number of aromatic hydroxyl groups is 1. The van der Waals surface area contributed by atoms with Crippen LogP contribution in [0.15, 0.2) is 82.5 Å². The lowest BCUT2D eigenvalue weighted by Crippen LogP contribution is -2.31. The molecule has 0 saturated carbocycles. The van der Waals surface area contributed by atoms with Gasteiger partial charge in [-0.15, -0.1) is 0 Å². The van der Waals surface area contributed by atoms with E-state index in [4.69, 9.17) is 25.5 Å². The van der Waals surface area contributed by atoms with Gasteiger partial charge in [-0.3, -0.25) is 14.5 Å². The summed E-state index contributed by atoms with van der Waals surface area (Å²) < 4.78 is 16.2. The molecule has 0 saturated heterocycles. The van der Waals surface area contributed by atoms with E-state index in [1.54, 1.807) is 37.3 Å². The van der Waals surface area contributed by atoms with E-state index in [1.165, 1.54) is 48.4 Å². The van der Waals surface area contributed by atoms with Crippen LogP contribution in [0.2, 0.25) is 5.02 Å². The number of carbonyl (C=O) groups excluding carboxylic acids is 3. The summed E-state index contributed by atoms with van der Waals surface area (Å²) in [6, 6.07) is 15.5. The maximum Gasteiger partial charge on any atom is 0.338 e.